The average Bonchev–Trinajstić information content (AvgIpc) is 3.24. The Morgan fingerprint density at radius 2 is 2.04 bits per heavy atom. The van der Waals surface area contributed by atoms with Gasteiger partial charge in [0.2, 0.25) is 11.8 Å². The lowest BCUT2D eigenvalue weighted by molar-refractivity contribution is -0.128. The van der Waals surface area contributed by atoms with Crippen molar-refractivity contribution in [2.75, 3.05) is 12.4 Å². The van der Waals surface area contributed by atoms with Gasteiger partial charge in [0.15, 0.2) is 0 Å². The van der Waals surface area contributed by atoms with Crippen molar-refractivity contribution in [1.29, 1.82) is 0 Å². The molecular weight excluding hydrogens is 446 g/mol. The van der Waals surface area contributed by atoms with Crippen LogP contribution in [-0.2, 0) is 22.6 Å². The van der Waals surface area contributed by atoms with Crippen molar-refractivity contribution < 1.29 is 9.59 Å². The summed E-state index contributed by atoms with van der Waals surface area (Å²) < 4.78 is 1.03. The topological polar surface area (TPSA) is 62.3 Å². The molecule has 27 heavy (non-hydrogen) atoms. The molecule has 8 heteroatoms. The molecule has 2 aromatic heterocycles. The highest BCUT2D eigenvalue weighted by Crippen LogP contribution is 2.32. The Balaban J connectivity index is 1.61. The number of nitrogens with zero attached hydrogens (tertiary/aromatic N) is 2. The van der Waals surface area contributed by atoms with Crippen LogP contribution in [0.25, 0.3) is 9.88 Å². The SMILES string of the molecule is CC(=O)N(C)Cc1cccc(NC(=O)Cc2csc(-c3cc(Br)cs3)n2)c1. The number of hydrogen-bond acceptors (Lipinski definition) is 5. The monoisotopic (exact) mass is 463 g/mol. The highest BCUT2D eigenvalue weighted by Gasteiger charge is 2.11. The van der Waals surface area contributed by atoms with Crippen LogP contribution in [-0.4, -0.2) is 28.7 Å². The van der Waals surface area contributed by atoms with Crippen molar-refractivity contribution in [2.24, 2.45) is 0 Å². The molecule has 3 rings (SSSR count). The first-order chi connectivity index (χ1) is 12.9. The Morgan fingerprint density at radius 1 is 1.22 bits per heavy atom. The molecule has 0 unspecified atom stereocenters. The van der Waals surface area contributed by atoms with Gasteiger partial charge in [0.25, 0.3) is 0 Å². The standard InChI is InChI=1S/C19H18BrN3O2S2/c1-12(24)23(2)9-13-4-3-5-15(6-13)21-18(25)8-16-11-27-19(22-16)17-7-14(20)10-26-17/h3-7,10-11H,8-9H2,1-2H3,(H,21,25). The number of carbonyl (C=O) groups is 2. The second-order valence-corrected chi connectivity index (χ2v) is 8.76. The minimum absolute atomic E-state index is 0.00143. The van der Waals surface area contributed by atoms with Gasteiger partial charge >= 0.3 is 0 Å². The van der Waals surface area contributed by atoms with Gasteiger partial charge in [-0.05, 0) is 39.7 Å². The van der Waals surface area contributed by atoms with Gasteiger partial charge in [-0.3, -0.25) is 9.59 Å². The number of halogens is 1. The van der Waals surface area contributed by atoms with Crippen LogP contribution < -0.4 is 5.32 Å². The van der Waals surface area contributed by atoms with Crippen molar-refractivity contribution in [3.8, 4) is 9.88 Å². The first-order valence-corrected chi connectivity index (χ1v) is 10.8. The smallest absolute Gasteiger partial charge is 0.230 e. The van der Waals surface area contributed by atoms with Crippen molar-refractivity contribution >= 4 is 56.1 Å². The number of nitrogens with one attached hydrogen (secondary N) is 1. The summed E-state index contributed by atoms with van der Waals surface area (Å²) >= 11 is 6.60. The normalized spacial score (nSPS) is 10.6. The first-order valence-electron chi connectivity index (χ1n) is 8.20. The van der Waals surface area contributed by atoms with Crippen LogP contribution in [0.1, 0.15) is 18.2 Å². The van der Waals surface area contributed by atoms with Gasteiger partial charge in [-0.25, -0.2) is 4.98 Å². The molecule has 0 aliphatic heterocycles. The Hall–Kier alpha value is -2.03. The number of rotatable bonds is 6. The highest BCUT2D eigenvalue weighted by atomic mass is 79.9. The molecule has 0 bridgehead atoms. The fourth-order valence-corrected chi connectivity index (χ4v) is 4.76. The summed E-state index contributed by atoms with van der Waals surface area (Å²) in [5.74, 6) is -0.113. The summed E-state index contributed by atoms with van der Waals surface area (Å²) in [6, 6.07) is 9.55. The van der Waals surface area contributed by atoms with Gasteiger partial charge in [0.1, 0.15) is 5.01 Å². The molecule has 0 saturated carbocycles. The maximum atomic E-state index is 12.4. The van der Waals surface area contributed by atoms with E-state index in [4.69, 9.17) is 0 Å². The van der Waals surface area contributed by atoms with Crippen molar-refractivity contribution in [3.05, 3.63) is 56.8 Å². The Morgan fingerprint density at radius 3 is 2.74 bits per heavy atom. The van der Waals surface area contributed by atoms with E-state index in [-0.39, 0.29) is 18.2 Å². The maximum Gasteiger partial charge on any atom is 0.230 e. The Labute approximate surface area is 174 Å². The summed E-state index contributed by atoms with van der Waals surface area (Å²) in [4.78, 5) is 31.0. The van der Waals surface area contributed by atoms with Gasteiger partial charge in [0.05, 0.1) is 17.0 Å². The van der Waals surface area contributed by atoms with E-state index < -0.39 is 0 Å². The lowest BCUT2D eigenvalue weighted by Gasteiger charge is -2.15. The van der Waals surface area contributed by atoms with Crippen LogP contribution >= 0.6 is 38.6 Å². The molecule has 0 aliphatic rings. The molecule has 0 spiro atoms. The zero-order chi connectivity index (χ0) is 19.4. The summed E-state index contributed by atoms with van der Waals surface area (Å²) in [6.45, 7) is 2.04. The molecule has 0 atom stereocenters. The summed E-state index contributed by atoms with van der Waals surface area (Å²) in [7, 11) is 1.75. The number of amides is 2. The second kappa shape index (κ2) is 8.77. The minimum atomic E-state index is -0.115. The quantitative estimate of drug-likeness (QED) is 0.571. The molecule has 0 fully saturated rings. The molecule has 3 aromatic rings. The van der Waals surface area contributed by atoms with Gasteiger partial charge in [-0.1, -0.05) is 12.1 Å². The van der Waals surface area contributed by atoms with Gasteiger partial charge < -0.3 is 10.2 Å². The largest absolute Gasteiger partial charge is 0.342 e. The van der Waals surface area contributed by atoms with E-state index in [2.05, 4.69) is 26.2 Å². The predicted molar refractivity (Wildman–Crippen MR) is 114 cm³/mol. The summed E-state index contributed by atoms with van der Waals surface area (Å²) in [5.41, 5.74) is 2.43. The fourth-order valence-electron chi connectivity index (χ4n) is 2.43. The number of benzene rings is 1. The van der Waals surface area contributed by atoms with E-state index in [1.165, 1.54) is 18.3 Å². The van der Waals surface area contributed by atoms with Crippen molar-refractivity contribution in [1.82, 2.24) is 9.88 Å². The van der Waals surface area contributed by atoms with Crippen LogP contribution in [0.2, 0.25) is 0 Å². The second-order valence-electron chi connectivity index (χ2n) is 6.07. The number of thiazole rings is 1. The van der Waals surface area contributed by atoms with E-state index in [0.29, 0.717) is 12.2 Å². The van der Waals surface area contributed by atoms with Gasteiger partial charge in [-0.2, -0.15) is 0 Å². The molecule has 140 valence electrons. The molecule has 0 aliphatic carbocycles. The molecule has 2 heterocycles. The first kappa shape index (κ1) is 19.7. The highest BCUT2D eigenvalue weighted by molar-refractivity contribution is 9.10. The van der Waals surface area contributed by atoms with Crippen LogP contribution in [0.3, 0.4) is 0 Å². The van der Waals surface area contributed by atoms with E-state index in [9.17, 15) is 9.59 Å². The lowest BCUT2D eigenvalue weighted by atomic mass is 10.2. The average molecular weight is 464 g/mol. The molecular formula is C19H18BrN3O2S2. The predicted octanol–water partition coefficient (Wildman–Crippen LogP) is 4.79. The van der Waals surface area contributed by atoms with Gasteiger partial charge in [-0.15, -0.1) is 22.7 Å². The number of anilines is 1. The minimum Gasteiger partial charge on any atom is -0.342 e. The van der Waals surface area contributed by atoms with Crippen LogP contribution in [0.4, 0.5) is 5.69 Å². The molecule has 1 N–H and O–H groups in total. The fraction of sp³-hybridized carbons (Fsp3) is 0.211. The third kappa shape index (κ3) is 5.47. The molecule has 0 radical (unpaired) electrons. The number of carbonyl (C=O) groups excluding carboxylic acids is 2. The molecule has 1 aromatic carbocycles. The van der Waals surface area contributed by atoms with Crippen LogP contribution in [0.5, 0.6) is 0 Å². The van der Waals surface area contributed by atoms with E-state index in [0.717, 1.165) is 25.6 Å². The zero-order valence-electron chi connectivity index (χ0n) is 14.9. The Kier molecular flexibility index (Phi) is 6.41. The Bertz CT molecular complexity index is 967. The van der Waals surface area contributed by atoms with Gasteiger partial charge in [0, 0.05) is 41.4 Å². The molecule has 0 saturated heterocycles. The van der Waals surface area contributed by atoms with Crippen molar-refractivity contribution in [3.63, 3.8) is 0 Å². The van der Waals surface area contributed by atoms with Crippen LogP contribution in [0.15, 0.2) is 45.6 Å². The van der Waals surface area contributed by atoms with Crippen molar-refractivity contribution in [2.45, 2.75) is 19.9 Å². The number of aromatic nitrogens is 1. The summed E-state index contributed by atoms with van der Waals surface area (Å²) in [5, 5.41) is 7.75. The number of hydrogen-bond donors (Lipinski definition) is 1. The lowest BCUT2D eigenvalue weighted by Crippen LogP contribution is -2.23. The van der Waals surface area contributed by atoms with E-state index in [1.807, 2.05) is 41.1 Å². The van der Waals surface area contributed by atoms with Crippen LogP contribution in [0, 0.1) is 0 Å². The zero-order valence-corrected chi connectivity index (χ0v) is 18.1. The number of thiophene rings is 1. The van der Waals surface area contributed by atoms with E-state index >= 15 is 0 Å². The van der Waals surface area contributed by atoms with E-state index in [1.54, 1.807) is 23.3 Å². The maximum absolute atomic E-state index is 12.4. The molecule has 5 nitrogen and oxygen atoms in total. The third-order valence-electron chi connectivity index (χ3n) is 3.84. The third-order valence-corrected chi connectivity index (χ3v) is 6.59. The summed E-state index contributed by atoms with van der Waals surface area (Å²) in [6.07, 6.45) is 0.223. The molecule has 2 amide bonds.